The third-order valence-electron chi connectivity index (χ3n) is 3.09. The summed E-state index contributed by atoms with van der Waals surface area (Å²) in [6.45, 7) is 0.409. The van der Waals surface area contributed by atoms with Gasteiger partial charge in [-0.3, -0.25) is 0 Å². The smallest absolute Gasteiger partial charge is 0.206 e. The van der Waals surface area contributed by atoms with E-state index in [1.165, 1.54) is 11.3 Å². The van der Waals surface area contributed by atoms with E-state index >= 15 is 0 Å². The zero-order valence-corrected chi connectivity index (χ0v) is 11.9. The summed E-state index contributed by atoms with van der Waals surface area (Å²) < 4.78 is 26.9. The second-order valence-corrected chi connectivity index (χ2v) is 7.62. The van der Waals surface area contributed by atoms with Crippen LogP contribution < -0.4 is 0 Å². The van der Waals surface area contributed by atoms with Gasteiger partial charge in [0, 0.05) is 18.5 Å². The number of rotatable bonds is 5. The Kier molecular flexibility index (Phi) is 4.47. The highest BCUT2D eigenvalue weighted by Gasteiger charge is 2.33. The van der Waals surface area contributed by atoms with Crippen LogP contribution in [0.25, 0.3) is 0 Å². The molecule has 0 aromatic carbocycles. The van der Waals surface area contributed by atoms with Crippen LogP contribution in [0.4, 0.5) is 0 Å². The number of nitrogens with zero attached hydrogens (tertiary/aromatic N) is 1. The van der Waals surface area contributed by atoms with Crippen LogP contribution >= 0.6 is 22.9 Å². The van der Waals surface area contributed by atoms with Gasteiger partial charge in [0.05, 0.1) is 0 Å². The van der Waals surface area contributed by atoms with Crippen LogP contribution in [-0.2, 0) is 10.0 Å². The normalized spacial score (nSPS) is 18.0. The molecular weight excluding hydrogens is 278 g/mol. The van der Waals surface area contributed by atoms with Crippen LogP contribution in [0.15, 0.2) is 21.7 Å². The van der Waals surface area contributed by atoms with Crippen molar-refractivity contribution in [2.24, 2.45) is 0 Å². The number of sulfonamides is 1. The zero-order valence-electron chi connectivity index (χ0n) is 9.51. The van der Waals surface area contributed by atoms with Gasteiger partial charge in [-0.05, 0) is 24.3 Å². The van der Waals surface area contributed by atoms with Gasteiger partial charge in [0.25, 0.3) is 10.0 Å². The Labute approximate surface area is 111 Å². The monoisotopic (exact) mass is 293 g/mol. The summed E-state index contributed by atoms with van der Waals surface area (Å²) in [5, 5.41) is 1.79. The van der Waals surface area contributed by atoms with E-state index in [2.05, 4.69) is 0 Å². The molecule has 96 valence electrons. The molecule has 6 heteroatoms. The van der Waals surface area contributed by atoms with E-state index < -0.39 is 10.0 Å². The fourth-order valence-corrected chi connectivity index (χ4v) is 5.39. The zero-order chi connectivity index (χ0) is 12.3. The molecule has 1 aromatic heterocycles. The molecule has 0 atom stereocenters. The van der Waals surface area contributed by atoms with Crippen molar-refractivity contribution < 1.29 is 8.42 Å². The van der Waals surface area contributed by atoms with Gasteiger partial charge in [-0.1, -0.05) is 18.9 Å². The lowest BCUT2D eigenvalue weighted by atomic mass is 10.2. The molecule has 0 saturated heterocycles. The number of hydrogen-bond donors (Lipinski definition) is 0. The predicted octanol–water partition coefficient (Wildman–Crippen LogP) is 2.92. The first kappa shape index (κ1) is 13.3. The van der Waals surface area contributed by atoms with Crippen molar-refractivity contribution in [3.63, 3.8) is 0 Å². The third kappa shape index (κ3) is 2.84. The number of alkyl halides is 1. The van der Waals surface area contributed by atoms with Crippen molar-refractivity contribution in [1.29, 1.82) is 0 Å². The summed E-state index contributed by atoms with van der Waals surface area (Å²) in [6, 6.07) is 3.57. The molecule has 0 amide bonds. The van der Waals surface area contributed by atoms with E-state index in [0.717, 1.165) is 25.7 Å². The highest BCUT2D eigenvalue weighted by Crippen LogP contribution is 2.30. The van der Waals surface area contributed by atoms with Gasteiger partial charge in [0.15, 0.2) is 0 Å². The molecule has 0 bridgehead atoms. The number of halogens is 1. The average molecular weight is 294 g/mol. The first-order valence-electron chi connectivity index (χ1n) is 5.77. The third-order valence-corrected chi connectivity index (χ3v) is 6.59. The largest absolute Gasteiger partial charge is 0.252 e. The lowest BCUT2D eigenvalue weighted by Gasteiger charge is -2.26. The molecule has 0 radical (unpaired) electrons. The minimum Gasteiger partial charge on any atom is -0.206 e. The molecule has 1 aromatic rings. The van der Waals surface area contributed by atoms with Crippen molar-refractivity contribution >= 4 is 33.0 Å². The quantitative estimate of drug-likeness (QED) is 0.783. The van der Waals surface area contributed by atoms with Gasteiger partial charge < -0.3 is 0 Å². The molecule has 1 fully saturated rings. The summed E-state index contributed by atoms with van der Waals surface area (Å²) >= 11 is 7.01. The van der Waals surface area contributed by atoms with E-state index in [9.17, 15) is 8.42 Å². The standard InChI is InChI=1S/C11H16ClNO2S2/c12-7-8-13(10-4-1-2-5-10)17(14,15)11-6-3-9-16-11/h3,6,9-10H,1-2,4-5,7-8H2. The van der Waals surface area contributed by atoms with Gasteiger partial charge in [0.2, 0.25) is 0 Å². The molecule has 1 saturated carbocycles. The Hall–Kier alpha value is -0.100. The molecule has 0 N–H and O–H groups in total. The van der Waals surface area contributed by atoms with Gasteiger partial charge >= 0.3 is 0 Å². The summed E-state index contributed by atoms with van der Waals surface area (Å²) in [4.78, 5) is 0. The van der Waals surface area contributed by atoms with Crippen LogP contribution in [0, 0.1) is 0 Å². The topological polar surface area (TPSA) is 37.4 Å². The Morgan fingerprint density at radius 3 is 2.65 bits per heavy atom. The van der Waals surface area contributed by atoms with Crippen LogP contribution in [0.3, 0.4) is 0 Å². The Bertz CT molecular complexity index is 438. The second kappa shape index (κ2) is 5.69. The molecule has 0 spiro atoms. The summed E-state index contributed by atoms with van der Waals surface area (Å²) in [7, 11) is -3.34. The Morgan fingerprint density at radius 1 is 1.41 bits per heavy atom. The van der Waals surface area contributed by atoms with Gasteiger partial charge in [-0.2, -0.15) is 4.31 Å². The van der Waals surface area contributed by atoms with Crippen LogP contribution in [-0.4, -0.2) is 31.2 Å². The first-order valence-corrected chi connectivity index (χ1v) is 8.63. The second-order valence-electron chi connectivity index (χ2n) is 4.18. The Morgan fingerprint density at radius 2 is 2.12 bits per heavy atom. The van der Waals surface area contributed by atoms with Gasteiger partial charge in [-0.25, -0.2) is 8.42 Å². The maximum Gasteiger partial charge on any atom is 0.252 e. The minimum absolute atomic E-state index is 0.140. The van der Waals surface area contributed by atoms with Crippen LogP contribution in [0.2, 0.25) is 0 Å². The maximum atomic E-state index is 12.4. The molecule has 17 heavy (non-hydrogen) atoms. The first-order chi connectivity index (χ1) is 8.16. The molecular formula is C11H16ClNO2S2. The molecule has 0 aliphatic heterocycles. The van der Waals surface area contributed by atoms with E-state index in [-0.39, 0.29) is 6.04 Å². The maximum absolute atomic E-state index is 12.4. The number of thiophene rings is 1. The van der Waals surface area contributed by atoms with Gasteiger partial charge in [-0.15, -0.1) is 22.9 Å². The molecule has 3 nitrogen and oxygen atoms in total. The molecule has 1 aliphatic carbocycles. The lowest BCUT2D eigenvalue weighted by molar-refractivity contribution is 0.337. The highest BCUT2D eigenvalue weighted by atomic mass is 35.5. The molecule has 0 unspecified atom stereocenters. The molecule has 1 aliphatic rings. The number of hydrogen-bond acceptors (Lipinski definition) is 3. The minimum atomic E-state index is -3.34. The summed E-state index contributed by atoms with van der Waals surface area (Å²) in [6.07, 6.45) is 4.15. The molecule has 2 rings (SSSR count). The van der Waals surface area contributed by atoms with E-state index in [1.807, 2.05) is 0 Å². The van der Waals surface area contributed by atoms with Crippen molar-refractivity contribution in [3.05, 3.63) is 17.5 Å². The predicted molar refractivity (Wildman–Crippen MR) is 71.2 cm³/mol. The SMILES string of the molecule is O=S(=O)(c1cccs1)N(CCCl)C1CCCC1. The summed E-state index contributed by atoms with van der Waals surface area (Å²) in [5.74, 6) is 0.348. The van der Waals surface area contributed by atoms with Crippen molar-refractivity contribution in [3.8, 4) is 0 Å². The van der Waals surface area contributed by atoms with Crippen molar-refractivity contribution in [2.45, 2.75) is 35.9 Å². The van der Waals surface area contributed by atoms with Gasteiger partial charge in [0.1, 0.15) is 4.21 Å². The van der Waals surface area contributed by atoms with Crippen molar-refractivity contribution in [1.82, 2.24) is 4.31 Å². The van der Waals surface area contributed by atoms with E-state index in [4.69, 9.17) is 11.6 Å². The van der Waals surface area contributed by atoms with Crippen molar-refractivity contribution in [2.75, 3.05) is 12.4 Å². The fourth-order valence-electron chi connectivity index (χ4n) is 2.30. The Balaban J connectivity index is 2.26. The van der Waals surface area contributed by atoms with E-state index in [1.54, 1.807) is 21.8 Å². The lowest BCUT2D eigenvalue weighted by Crippen LogP contribution is -2.39. The van der Waals surface area contributed by atoms with Crippen LogP contribution in [0.1, 0.15) is 25.7 Å². The summed E-state index contributed by atoms with van der Waals surface area (Å²) in [5.41, 5.74) is 0. The molecule has 1 heterocycles. The fraction of sp³-hybridized carbons (Fsp3) is 0.636. The van der Waals surface area contributed by atoms with E-state index in [0.29, 0.717) is 16.6 Å². The van der Waals surface area contributed by atoms with Crippen LogP contribution in [0.5, 0.6) is 0 Å². The highest BCUT2D eigenvalue weighted by molar-refractivity contribution is 7.91. The average Bonchev–Trinajstić information content (AvgIpc) is 2.97.